The normalized spacial score (nSPS) is 16.1. The number of aryl methyl sites for hydroxylation is 1. The minimum atomic E-state index is -0.0453. The van der Waals surface area contributed by atoms with Crippen molar-refractivity contribution in [3.63, 3.8) is 0 Å². The topological polar surface area (TPSA) is 96.7 Å². The van der Waals surface area contributed by atoms with E-state index in [1.807, 2.05) is 24.4 Å². The number of hydrogen-bond acceptors (Lipinski definition) is 5. The highest BCUT2D eigenvalue weighted by atomic mass is 16.5. The number of nitrogens with one attached hydrogen (secondary N) is 2. The molecule has 1 aromatic carbocycles. The lowest BCUT2D eigenvalue weighted by atomic mass is 10.0. The molecular weight excluding hydrogens is 358 g/mol. The maximum Gasteiger partial charge on any atom is 0.243 e. The van der Waals surface area contributed by atoms with Gasteiger partial charge in [-0.15, -0.1) is 5.10 Å². The number of guanidine groups is 1. The van der Waals surface area contributed by atoms with Crippen LogP contribution in [0.3, 0.4) is 0 Å². The molecule has 0 bridgehead atoms. The van der Waals surface area contributed by atoms with Crippen molar-refractivity contribution in [2.75, 3.05) is 33.8 Å². The fraction of sp³-hybridized carbons (Fsp3) is 0.474. The van der Waals surface area contributed by atoms with Crippen molar-refractivity contribution in [3.8, 4) is 5.75 Å². The van der Waals surface area contributed by atoms with Gasteiger partial charge in [0.15, 0.2) is 5.96 Å². The molecule has 28 heavy (non-hydrogen) atoms. The Bertz CT molecular complexity index is 789. The summed E-state index contributed by atoms with van der Waals surface area (Å²) in [5.74, 6) is 1.47. The standard InChI is InChI=1S/C19H27N7O2/c1-25(2)18(27)14-21-19(20-9-5-11-26-12-10-22-24-26)23-16-8-13-28-17-7-4-3-6-15(16)17/h3-4,6-7,10,12,16H,5,8-9,11,13-14H2,1-2H3,(H2,20,21,23). The van der Waals surface area contributed by atoms with Crippen molar-refractivity contribution in [2.24, 2.45) is 4.99 Å². The van der Waals surface area contributed by atoms with Crippen LogP contribution in [0.1, 0.15) is 24.4 Å². The SMILES string of the molecule is CN(C)C(=O)CN=C(NCCCn1ccnn1)NC1CCOc2ccccc21. The third-order valence-electron chi connectivity index (χ3n) is 4.47. The Morgan fingerprint density at radius 1 is 1.39 bits per heavy atom. The smallest absolute Gasteiger partial charge is 0.243 e. The van der Waals surface area contributed by atoms with Gasteiger partial charge in [0, 0.05) is 45.4 Å². The van der Waals surface area contributed by atoms with E-state index in [4.69, 9.17) is 4.74 Å². The first-order chi connectivity index (χ1) is 13.6. The molecular formula is C19H27N7O2. The van der Waals surface area contributed by atoms with Gasteiger partial charge in [-0.25, -0.2) is 4.99 Å². The third kappa shape index (κ3) is 5.45. The van der Waals surface area contributed by atoms with Crippen LogP contribution in [0.5, 0.6) is 5.75 Å². The van der Waals surface area contributed by atoms with Gasteiger partial charge >= 0.3 is 0 Å². The van der Waals surface area contributed by atoms with Crippen LogP contribution in [-0.4, -0.2) is 65.6 Å². The number of amides is 1. The quantitative estimate of drug-likeness (QED) is 0.416. The minimum Gasteiger partial charge on any atom is -0.493 e. The first kappa shape index (κ1) is 19.7. The van der Waals surface area contributed by atoms with E-state index in [1.165, 1.54) is 4.90 Å². The highest BCUT2D eigenvalue weighted by molar-refractivity contribution is 5.85. The molecule has 0 aliphatic carbocycles. The van der Waals surface area contributed by atoms with Crippen LogP contribution in [0, 0.1) is 0 Å². The maximum absolute atomic E-state index is 11.9. The third-order valence-corrected chi connectivity index (χ3v) is 4.47. The summed E-state index contributed by atoms with van der Waals surface area (Å²) in [4.78, 5) is 18.0. The number of ether oxygens (including phenoxy) is 1. The van der Waals surface area contributed by atoms with Crippen molar-refractivity contribution in [2.45, 2.75) is 25.4 Å². The maximum atomic E-state index is 11.9. The van der Waals surface area contributed by atoms with Crippen LogP contribution in [0.4, 0.5) is 0 Å². The van der Waals surface area contributed by atoms with Crippen LogP contribution in [-0.2, 0) is 11.3 Å². The summed E-state index contributed by atoms with van der Waals surface area (Å²) in [7, 11) is 3.45. The number of aliphatic imine (C=N–C) groups is 1. The summed E-state index contributed by atoms with van der Waals surface area (Å²) in [6, 6.07) is 8.08. The Morgan fingerprint density at radius 2 is 2.25 bits per heavy atom. The second kappa shape index (κ2) is 9.72. The molecule has 1 aliphatic heterocycles. The molecule has 9 nitrogen and oxygen atoms in total. The first-order valence-electron chi connectivity index (χ1n) is 9.44. The van der Waals surface area contributed by atoms with Gasteiger partial charge in [-0.2, -0.15) is 0 Å². The van der Waals surface area contributed by atoms with Crippen molar-refractivity contribution >= 4 is 11.9 Å². The zero-order valence-electron chi connectivity index (χ0n) is 16.3. The first-order valence-corrected chi connectivity index (χ1v) is 9.44. The summed E-state index contributed by atoms with van der Waals surface area (Å²) >= 11 is 0. The van der Waals surface area contributed by atoms with Gasteiger partial charge < -0.3 is 20.3 Å². The summed E-state index contributed by atoms with van der Waals surface area (Å²) < 4.78 is 7.52. The Kier molecular flexibility index (Phi) is 6.83. The van der Waals surface area contributed by atoms with E-state index in [1.54, 1.807) is 25.0 Å². The summed E-state index contributed by atoms with van der Waals surface area (Å²) in [5, 5.41) is 14.5. The molecule has 1 aliphatic rings. The van der Waals surface area contributed by atoms with Gasteiger partial charge in [0.05, 0.1) is 18.8 Å². The van der Waals surface area contributed by atoms with Gasteiger partial charge in [-0.1, -0.05) is 23.4 Å². The predicted octanol–water partition coefficient (Wildman–Crippen LogP) is 0.815. The monoisotopic (exact) mass is 385 g/mol. The average Bonchev–Trinajstić information content (AvgIpc) is 3.22. The van der Waals surface area contributed by atoms with Crippen LogP contribution < -0.4 is 15.4 Å². The van der Waals surface area contributed by atoms with E-state index < -0.39 is 0 Å². The molecule has 1 aromatic heterocycles. The molecule has 2 N–H and O–H groups in total. The summed E-state index contributed by atoms with van der Waals surface area (Å²) in [6.07, 6.45) is 5.19. The molecule has 1 unspecified atom stereocenters. The van der Waals surface area contributed by atoms with Gasteiger partial charge in [-0.3, -0.25) is 9.48 Å². The molecule has 0 saturated carbocycles. The van der Waals surface area contributed by atoms with Gasteiger partial charge in [0.2, 0.25) is 5.91 Å². The fourth-order valence-electron chi connectivity index (χ4n) is 2.90. The summed E-state index contributed by atoms with van der Waals surface area (Å²) in [6.45, 7) is 2.20. The lowest BCUT2D eigenvalue weighted by Crippen LogP contribution is -2.42. The average molecular weight is 385 g/mol. The number of aromatic nitrogens is 3. The minimum absolute atomic E-state index is 0.0453. The van der Waals surface area contributed by atoms with Crippen molar-refractivity contribution in [1.82, 2.24) is 30.5 Å². The van der Waals surface area contributed by atoms with Gasteiger partial charge in [-0.05, 0) is 12.5 Å². The highest BCUT2D eigenvalue weighted by Gasteiger charge is 2.22. The lowest BCUT2D eigenvalue weighted by Gasteiger charge is -2.28. The number of fused-ring (bicyclic) bond motifs is 1. The van der Waals surface area contributed by atoms with E-state index in [-0.39, 0.29) is 18.5 Å². The molecule has 1 atom stereocenters. The molecule has 0 saturated heterocycles. The molecule has 0 spiro atoms. The Balaban J connectivity index is 1.62. The second-order valence-corrected chi connectivity index (χ2v) is 6.77. The van der Waals surface area contributed by atoms with Crippen molar-refractivity contribution < 1.29 is 9.53 Å². The van der Waals surface area contributed by atoms with Crippen LogP contribution in [0.15, 0.2) is 41.7 Å². The van der Waals surface area contributed by atoms with E-state index in [0.29, 0.717) is 19.1 Å². The van der Waals surface area contributed by atoms with Crippen LogP contribution in [0.25, 0.3) is 0 Å². The number of carbonyl (C=O) groups excluding carboxylic acids is 1. The largest absolute Gasteiger partial charge is 0.493 e. The number of hydrogen-bond donors (Lipinski definition) is 2. The predicted molar refractivity (Wildman–Crippen MR) is 106 cm³/mol. The van der Waals surface area contributed by atoms with E-state index in [2.05, 4.69) is 32.0 Å². The van der Waals surface area contributed by atoms with Gasteiger partial charge in [0.25, 0.3) is 0 Å². The molecule has 9 heteroatoms. The molecule has 0 fully saturated rings. The lowest BCUT2D eigenvalue weighted by molar-refractivity contribution is -0.127. The number of para-hydroxylation sites is 1. The molecule has 2 heterocycles. The summed E-state index contributed by atoms with van der Waals surface area (Å²) in [5.41, 5.74) is 1.10. The van der Waals surface area contributed by atoms with E-state index in [0.717, 1.165) is 30.7 Å². The zero-order chi connectivity index (χ0) is 19.8. The number of likely N-dealkylation sites (N-methyl/N-ethyl adjacent to an activating group) is 1. The number of carbonyl (C=O) groups is 1. The van der Waals surface area contributed by atoms with Crippen molar-refractivity contribution in [3.05, 3.63) is 42.2 Å². The molecule has 0 radical (unpaired) electrons. The van der Waals surface area contributed by atoms with Crippen molar-refractivity contribution in [1.29, 1.82) is 0 Å². The fourth-order valence-corrected chi connectivity index (χ4v) is 2.90. The Hall–Kier alpha value is -3.10. The second-order valence-electron chi connectivity index (χ2n) is 6.77. The van der Waals surface area contributed by atoms with E-state index in [9.17, 15) is 4.79 Å². The Labute approximate surface area is 164 Å². The number of nitrogens with zero attached hydrogens (tertiary/aromatic N) is 5. The molecule has 150 valence electrons. The van der Waals surface area contributed by atoms with Crippen LogP contribution >= 0.6 is 0 Å². The van der Waals surface area contributed by atoms with E-state index >= 15 is 0 Å². The molecule has 2 aromatic rings. The highest BCUT2D eigenvalue weighted by Crippen LogP contribution is 2.31. The number of rotatable bonds is 7. The molecule has 3 rings (SSSR count). The Morgan fingerprint density at radius 3 is 3.04 bits per heavy atom. The zero-order valence-corrected chi connectivity index (χ0v) is 16.3. The van der Waals surface area contributed by atoms with Gasteiger partial charge in [0.1, 0.15) is 12.3 Å². The van der Waals surface area contributed by atoms with Crippen LogP contribution in [0.2, 0.25) is 0 Å². The molecule has 1 amide bonds. The number of benzene rings is 1.